The Balaban J connectivity index is 2.35. The van der Waals surface area contributed by atoms with Crippen LogP contribution in [0.4, 0.5) is 5.69 Å². The maximum absolute atomic E-state index is 12.0. The molecule has 6 heteroatoms. The van der Waals surface area contributed by atoms with E-state index in [-0.39, 0.29) is 5.91 Å². The van der Waals surface area contributed by atoms with Gasteiger partial charge in [0.1, 0.15) is 0 Å². The molecule has 1 heterocycles. The first kappa shape index (κ1) is 13.7. The summed E-state index contributed by atoms with van der Waals surface area (Å²) in [6.07, 6.45) is 0. The van der Waals surface area contributed by atoms with Crippen LogP contribution in [-0.4, -0.2) is 20.4 Å². The Labute approximate surface area is 119 Å². The molecule has 0 fully saturated rings. The van der Waals surface area contributed by atoms with Crippen LogP contribution in [0.1, 0.15) is 19.7 Å². The first-order valence-corrected chi connectivity index (χ1v) is 6.57. The molecule has 0 aliphatic heterocycles. The van der Waals surface area contributed by atoms with Gasteiger partial charge in [-0.3, -0.25) is 4.79 Å². The molecule has 19 heavy (non-hydrogen) atoms. The zero-order valence-corrected chi connectivity index (χ0v) is 12.5. The van der Waals surface area contributed by atoms with E-state index in [9.17, 15) is 4.79 Å². The van der Waals surface area contributed by atoms with Gasteiger partial charge < -0.3 is 9.73 Å². The van der Waals surface area contributed by atoms with E-state index in [1.165, 1.54) is 0 Å². The van der Waals surface area contributed by atoms with E-state index in [1.807, 2.05) is 18.2 Å². The number of carbonyl (C=O) groups excluding carboxylic acids is 1. The smallest absolute Gasteiger partial charge is 0.249 e. The molecule has 0 radical (unpaired) electrons. The summed E-state index contributed by atoms with van der Waals surface area (Å²) >= 11 is 3.32. The Hall–Kier alpha value is -1.69. The number of para-hydroxylation sites is 1. The van der Waals surface area contributed by atoms with Crippen molar-refractivity contribution in [1.82, 2.24) is 10.2 Å². The van der Waals surface area contributed by atoms with Crippen molar-refractivity contribution in [1.29, 1.82) is 0 Å². The van der Waals surface area contributed by atoms with Gasteiger partial charge in [0.05, 0.1) is 15.6 Å². The lowest BCUT2D eigenvalue weighted by Crippen LogP contribution is -2.31. The topological polar surface area (TPSA) is 68.0 Å². The van der Waals surface area contributed by atoms with E-state index in [4.69, 9.17) is 4.42 Å². The fraction of sp³-hybridized carbons (Fsp3) is 0.308. The molecule has 1 aromatic carbocycles. The zero-order chi connectivity index (χ0) is 14.0. The number of carbonyl (C=O) groups is 1. The molecule has 0 spiro atoms. The summed E-state index contributed by atoms with van der Waals surface area (Å²) < 4.78 is 4.74. The summed E-state index contributed by atoms with van der Waals surface area (Å²) in [6, 6.07) is 7.31. The quantitative estimate of drug-likeness (QED) is 0.881. The molecule has 0 aliphatic rings. The lowest BCUT2D eigenvalue weighted by molar-refractivity contribution is -0.117. The van der Waals surface area contributed by atoms with Crippen LogP contribution in [0.5, 0.6) is 0 Å². The molecule has 1 amide bonds. The van der Waals surface area contributed by atoms with Crippen molar-refractivity contribution in [3.8, 4) is 11.5 Å². The molecule has 100 valence electrons. The van der Waals surface area contributed by atoms with E-state index in [2.05, 4.69) is 31.4 Å². The molecule has 0 unspecified atom stereocenters. The maximum atomic E-state index is 12.0. The van der Waals surface area contributed by atoms with E-state index in [1.54, 1.807) is 26.8 Å². The van der Waals surface area contributed by atoms with Gasteiger partial charge >= 0.3 is 0 Å². The van der Waals surface area contributed by atoms with E-state index >= 15 is 0 Å². The summed E-state index contributed by atoms with van der Waals surface area (Å²) in [6.45, 7) is 5.28. The molecule has 5 nitrogen and oxygen atoms in total. The van der Waals surface area contributed by atoms with Gasteiger partial charge in [-0.15, -0.1) is 10.2 Å². The summed E-state index contributed by atoms with van der Waals surface area (Å²) in [5.41, 5.74) is 1.34. The van der Waals surface area contributed by atoms with Gasteiger partial charge in [-0.05, 0) is 26.0 Å². The van der Waals surface area contributed by atoms with Gasteiger partial charge in [-0.1, -0.05) is 28.1 Å². The third-order valence-corrected chi connectivity index (χ3v) is 2.83. The van der Waals surface area contributed by atoms with Crippen LogP contribution in [0.3, 0.4) is 0 Å². The molecule has 2 aromatic rings. The standard InChI is InChI=1S/C13H14BrN3O2/c1-8-16-17-11(19-8)9-6-4-5-7-10(9)15-12(18)13(2,3)14/h4-7H,1-3H3,(H,15,18). The molecule has 2 rings (SSSR count). The second-order valence-electron chi connectivity index (χ2n) is 4.60. The van der Waals surface area contributed by atoms with Crippen molar-refractivity contribution >= 4 is 27.5 Å². The number of rotatable bonds is 3. The molecule has 1 aromatic heterocycles. The van der Waals surface area contributed by atoms with Crippen LogP contribution in [0.2, 0.25) is 0 Å². The number of amides is 1. The molecule has 0 saturated carbocycles. The molecule has 0 atom stereocenters. The highest BCUT2D eigenvalue weighted by Crippen LogP contribution is 2.28. The monoisotopic (exact) mass is 323 g/mol. The largest absolute Gasteiger partial charge is 0.421 e. The fourth-order valence-corrected chi connectivity index (χ4v) is 1.55. The zero-order valence-electron chi connectivity index (χ0n) is 10.9. The van der Waals surface area contributed by atoms with Gasteiger partial charge in [0.15, 0.2) is 0 Å². The Kier molecular flexibility index (Phi) is 3.71. The number of hydrogen-bond acceptors (Lipinski definition) is 4. The predicted molar refractivity (Wildman–Crippen MR) is 76.1 cm³/mol. The Morgan fingerprint density at radius 1 is 1.32 bits per heavy atom. The van der Waals surface area contributed by atoms with Gasteiger partial charge in [-0.25, -0.2) is 0 Å². The van der Waals surface area contributed by atoms with Crippen molar-refractivity contribution in [2.45, 2.75) is 25.1 Å². The number of alkyl halides is 1. The van der Waals surface area contributed by atoms with Crippen molar-refractivity contribution in [2.24, 2.45) is 0 Å². The Morgan fingerprint density at radius 2 is 2.00 bits per heavy atom. The summed E-state index contributed by atoms with van der Waals surface area (Å²) in [4.78, 5) is 12.0. The number of aryl methyl sites for hydroxylation is 1. The minimum Gasteiger partial charge on any atom is -0.421 e. The molecular weight excluding hydrogens is 310 g/mol. The van der Waals surface area contributed by atoms with Gasteiger partial charge in [0, 0.05) is 6.92 Å². The lowest BCUT2D eigenvalue weighted by atomic mass is 10.1. The number of halogens is 1. The number of nitrogens with one attached hydrogen (secondary N) is 1. The number of hydrogen-bond donors (Lipinski definition) is 1. The predicted octanol–water partition coefficient (Wildman–Crippen LogP) is 3.16. The lowest BCUT2D eigenvalue weighted by Gasteiger charge is -2.17. The number of benzene rings is 1. The third kappa shape index (κ3) is 3.20. The third-order valence-electron chi connectivity index (χ3n) is 2.47. The number of nitrogens with zero attached hydrogens (tertiary/aromatic N) is 2. The molecule has 0 aliphatic carbocycles. The second kappa shape index (κ2) is 5.13. The first-order chi connectivity index (χ1) is 8.88. The molecule has 0 bridgehead atoms. The van der Waals surface area contributed by atoms with Gasteiger partial charge in [-0.2, -0.15) is 0 Å². The van der Waals surface area contributed by atoms with Crippen molar-refractivity contribution in [3.63, 3.8) is 0 Å². The highest BCUT2D eigenvalue weighted by Gasteiger charge is 2.24. The first-order valence-electron chi connectivity index (χ1n) is 5.78. The van der Waals surface area contributed by atoms with Crippen LogP contribution in [0.15, 0.2) is 28.7 Å². The number of aromatic nitrogens is 2. The molecular formula is C13H14BrN3O2. The number of anilines is 1. The minimum absolute atomic E-state index is 0.142. The average Bonchev–Trinajstić information content (AvgIpc) is 2.75. The van der Waals surface area contributed by atoms with E-state index in [0.717, 1.165) is 0 Å². The van der Waals surface area contributed by atoms with Crippen molar-refractivity contribution in [2.75, 3.05) is 5.32 Å². The van der Waals surface area contributed by atoms with Crippen molar-refractivity contribution in [3.05, 3.63) is 30.2 Å². The van der Waals surface area contributed by atoms with Crippen LogP contribution in [0, 0.1) is 6.92 Å². The summed E-state index contributed by atoms with van der Waals surface area (Å²) in [5.74, 6) is 0.730. The maximum Gasteiger partial charge on any atom is 0.249 e. The average molecular weight is 324 g/mol. The molecule has 0 saturated heterocycles. The minimum atomic E-state index is -0.648. The van der Waals surface area contributed by atoms with Crippen LogP contribution in [-0.2, 0) is 4.79 Å². The Morgan fingerprint density at radius 3 is 2.58 bits per heavy atom. The van der Waals surface area contributed by atoms with E-state index in [0.29, 0.717) is 23.0 Å². The van der Waals surface area contributed by atoms with Crippen LogP contribution < -0.4 is 5.32 Å². The summed E-state index contributed by atoms with van der Waals surface area (Å²) in [5, 5.41) is 10.6. The second-order valence-corrected chi connectivity index (χ2v) is 6.58. The van der Waals surface area contributed by atoms with Crippen molar-refractivity contribution < 1.29 is 9.21 Å². The fourth-order valence-electron chi connectivity index (χ4n) is 1.45. The highest BCUT2D eigenvalue weighted by molar-refractivity contribution is 9.10. The SMILES string of the molecule is Cc1nnc(-c2ccccc2NC(=O)C(C)(C)Br)o1. The Bertz CT molecular complexity index is 602. The van der Waals surface area contributed by atoms with Gasteiger partial charge in [0.2, 0.25) is 17.7 Å². The van der Waals surface area contributed by atoms with Crippen LogP contribution in [0.25, 0.3) is 11.5 Å². The van der Waals surface area contributed by atoms with E-state index < -0.39 is 4.32 Å². The van der Waals surface area contributed by atoms with Crippen LogP contribution >= 0.6 is 15.9 Å². The van der Waals surface area contributed by atoms with Gasteiger partial charge in [0.25, 0.3) is 0 Å². The highest BCUT2D eigenvalue weighted by atomic mass is 79.9. The normalized spacial score (nSPS) is 11.4. The summed E-state index contributed by atoms with van der Waals surface area (Å²) in [7, 11) is 0. The molecule has 1 N–H and O–H groups in total.